The minimum Gasteiger partial charge on any atom is -0.465 e. The molecule has 3 nitrogen and oxygen atoms in total. The molecule has 0 saturated heterocycles. The maximum atomic E-state index is 11.0. The van der Waals surface area contributed by atoms with E-state index in [1.165, 1.54) is 7.11 Å². The third-order valence-electron chi connectivity index (χ3n) is 1.29. The molecule has 0 aliphatic heterocycles. The summed E-state index contributed by atoms with van der Waals surface area (Å²) in [6.45, 7) is 1.73. The molecule has 60 valence electrons. The molecule has 1 heterocycles. The minimum absolute atomic E-state index is 0.353. The first-order valence-electron chi connectivity index (χ1n) is 2.99. The number of rotatable bonds is 1. The Balaban J connectivity index is 3.03. The summed E-state index contributed by atoms with van der Waals surface area (Å²) in [5.74, 6) is 0.246. The summed E-state index contributed by atoms with van der Waals surface area (Å²) in [6.07, 6.45) is 0. The number of hydrogen-bond acceptors (Lipinski definition) is 3. The fourth-order valence-electron chi connectivity index (χ4n) is 0.758. The molecular formula is C7H7IO3. The van der Waals surface area contributed by atoms with Gasteiger partial charge in [-0.15, -0.1) is 0 Å². The zero-order valence-corrected chi connectivity index (χ0v) is 8.34. The Morgan fingerprint density at radius 2 is 2.36 bits per heavy atom. The molecule has 0 unspecified atom stereocenters. The van der Waals surface area contributed by atoms with Gasteiger partial charge in [0.15, 0.2) is 3.77 Å². The maximum Gasteiger partial charge on any atom is 0.341 e. The van der Waals surface area contributed by atoms with Crippen LogP contribution in [0.1, 0.15) is 16.1 Å². The van der Waals surface area contributed by atoms with Crippen LogP contribution in [0.25, 0.3) is 0 Å². The molecule has 0 aromatic carbocycles. The van der Waals surface area contributed by atoms with Crippen LogP contribution in [-0.4, -0.2) is 13.1 Å². The molecule has 0 saturated carbocycles. The fourth-order valence-corrected chi connectivity index (χ4v) is 1.40. The van der Waals surface area contributed by atoms with Crippen LogP contribution in [0.2, 0.25) is 0 Å². The van der Waals surface area contributed by atoms with Crippen LogP contribution in [0.15, 0.2) is 10.5 Å². The SMILES string of the molecule is COC(=O)c1cc(I)oc1C. The van der Waals surface area contributed by atoms with Crippen molar-refractivity contribution < 1.29 is 13.9 Å². The second kappa shape index (κ2) is 3.25. The molecule has 1 aromatic rings. The first kappa shape index (κ1) is 8.58. The Hall–Kier alpha value is -0.520. The van der Waals surface area contributed by atoms with Crippen molar-refractivity contribution >= 4 is 28.6 Å². The van der Waals surface area contributed by atoms with Crippen molar-refractivity contribution in [3.63, 3.8) is 0 Å². The van der Waals surface area contributed by atoms with Gasteiger partial charge < -0.3 is 9.15 Å². The van der Waals surface area contributed by atoms with E-state index in [-0.39, 0.29) is 5.97 Å². The van der Waals surface area contributed by atoms with Crippen molar-refractivity contribution in [2.24, 2.45) is 0 Å². The number of esters is 1. The van der Waals surface area contributed by atoms with Gasteiger partial charge in [-0.2, -0.15) is 0 Å². The van der Waals surface area contributed by atoms with E-state index in [1.807, 2.05) is 22.6 Å². The fraction of sp³-hybridized carbons (Fsp3) is 0.286. The summed E-state index contributed by atoms with van der Waals surface area (Å²) >= 11 is 2.00. The molecule has 4 heteroatoms. The van der Waals surface area contributed by atoms with Crippen molar-refractivity contribution in [2.75, 3.05) is 7.11 Å². The molecule has 0 radical (unpaired) electrons. The Bertz CT molecular complexity index is 277. The predicted octanol–water partition coefficient (Wildman–Crippen LogP) is 1.98. The molecule has 0 aliphatic rings. The first-order chi connectivity index (χ1) is 5.15. The summed E-state index contributed by atoms with van der Waals surface area (Å²) in [5, 5.41) is 0. The average Bonchev–Trinajstić information content (AvgIpc) is 2.28. The number of hydrogen-bond donors (Lipinski definition) is 0. The monoisotopic (exact) mass is 266 g/mol. The molecule has 0 N–H and O–H groups in total. The van der Waals surface area contributed by atoms with E-state index in [2.05, 4.69) is 4.74 Å². The van der Waals surface area contributed by atoms with Gasteiger partial charge in [0.05, 0.1) is 7.11 Å². The van der Waals surface area contributed by atoms with Gasteiger partial charge in [0.2, 0.25) is 0 Å². The smallest absolute Gasteiger partial charge is 0.341 e. The van der Waals surface area contributed by atoms with Crippen LogP contribution in [0, 0.1) is 10.7 Å². The van der Waals surface area contributed by atoms with Gasteiger partial charge in [-0.1, -0.05) is 0 Å². The topological polar surface area (TPSA) is 39.4 Å². The van der Waals surface area contributed by atoms with Crippen molar-refractivity contribution in [1.82, 2.24) is 0 Å². The molecule has 1 rings (SSSR count). The van der Waals surface area contributed by atoms with Gasteiger partial charge in [0.25, 0.3) is 0 Å². The molecule has 0 aliphatic carbocycles. The highest BCUT2D eigenvalue weighted by atomic mass is 127. The van der Waals surface area contributed by atoms with E-state index in [4.69, 9.17) is 4.42 Å². The van der Waals surface area contributed by atoms with Crippen LogP contribution >= 0.6 is 22.6 Å². The van der Waals surface area contributed by atoms with Crippen molar-refractivity contribution in [1.29, 1.82) is 0 Å². The van der Waals surface area contributed by atoms with E-state index in [0.717, 1.165) is 0 Å². The Morgan fingerprint density at radius 3 is 2.73 bits per heavy atom. The van der Waals surface area contributed by atoms with Gasteiger partial charge in [-0.25, -0.2) is 4.79 Å². The molecule has 11 heavy (non-hydrogen) atoms. The lowest BCUT2D eigenvalue weighted by Gasteiger charge is -1.93. The normalized spacial score (nSPS) is 9.73. The molecule has 0 fully saturated rings. The van der Waals surface area contributed by atoms with Crippen molar-refractivity contribution in [3.05, 3.63) is 21.2 Å². The van der Waals surface area contributed by atoms with E-state index in [1.54, 1.807) is 13.0 Å². The Kier molecular flexibility index (Phi) is 2.53. The predicted molar refractivity (Wildman–Crippen MR) is 47.5 cm³/mol. The van der Waals surface area contributed by atoms with E-state index >= 15 is 0 Å². The molecule has 1 aromatic heterocycles. The number of furan rings is 1. The standard InChI is InChI=1S/C7H7IO3/c1-4-5(7(9)10-2)3-6(8)11-4/h3H,1-2H3. The summed E-state index contributed by atoms with van der Waals surface area (Å²) in [4.78, 5) is 11.0. The number of carbonyl (C=O) groups is 1. The highest BCUT2D eigenvalue weighted by Gasteiger charge is 2.13. The molecule has 0 bridgehead atoms. The Labute approximate surface area is 77.9 Å². The maximum absolute atomic E-state index is 11.0. The van der Waals surface area contributed by atoms with Gasteiger partial charge >= 0.3 is 5.97 Å². The van der Waals surface area contributed by atoms with Gasteiger partial charge in [-0.05, 0) is 29.5 Å². The van der Waals surface area contributed by atoms with Crippen LogP contribution < -0.4 is 0 Å². The molecule has 0 spiro atoms. The highest BCUT2D eigenvalue weighted by Crippen LogP contribution is 2.16. The summed E-state index contributed by atoms with van der Waals surface area (Å²) in [6, 6.07) is 1.65. The molecular weight excluding hydrogens is 259 g/mol. The third kappa shape index (κ3) is 1.74. The van der Waals surface area contributed by atoms with Crippen LogP contribution in [-0.2, 0) is 4.74 Å². The quantitative estimate of drug-likeness (QED) is 0.576. The summed E-state index contributed by atoms with van der Waals surface area (Å²) in [7, 11) is 1.35. The van der Waals surface area contributed by atoms with E-state index in [9.17, 15) is 4.79 Å². The average molecular weight is 266 g/mol. The van der Waals surface area contributed by atoms with Crippen molar-refractivity contribution in [2.45, 2.75) is 6.92 Å². The number of ether oxygens (including phenoxy) is 1. The lowest BCUT2D eigenvalue weighted by molar-refractivity contribution is 0.0599. The molecule has 0 amide bonds. The second-order valence-electron chi connectivity index (χ2n) is 2.01. The zero-order valence-electron chi connectivity index (χ0n) is 6.18. The van der Waals surface area contributed by atoms with Crippen molar-refractivity contribution in [3.8, 4) is 0 Å². The Morgan fingerprint density at radius 1 is 1.73 bits per heavy atom. The number of methoxy groups -OCH3 is 1. The lowest BCUT2D eigenvalue weighted by atomic mass is 10.3. The first-order valence-corrected chi connectivity index (χ1v) is 4.07. The highest BCUT2D eigenvalue weighted by molar-refractivity contribution is 14.1. The number of halogens is 1. The number of aryl methyl sites for hydroxylation is 1. The molecule has 0 atom stereocenters. The number of carbonyl (C=O) groups excluding carboxylic acids is 1. The van der Waals surface area contributed by atoms with E-state index in [0.29, 0.717) is 15.1 Å². The lowest BCUT2D eigenvalue weighted by Crippen LogP contribution is -2.00. The summed E-state index contributed by atoms with van der Waals surface area (Å²) < 4.78 is 10.3. The third-order valence-corrected chi connectivity index (χ3v) is 1.82. The van der Waals surface area contributed by atoms with Crippen LogP contribution in [0.5, 0.6) is 0 Å². The van der Waals surface area contributed by atoms with Gasteiger partial charge in [-0.3, -0.25) is 0 Å². The zero-order chi connectivity index (χ0) is 8.43. The van der Waals surface area contributed by atoms with Gasteiger partial charge in [0, 0.05) is 6.07 Å². The largest absolute Gasteiger partial charge is 0.465 e. The minimum atomic E-state index is -0.353. The van der Waals surface area contributed by atoms with Crippen LogP contribution in [0.4, 0.5) is 0 Å². The van der Waals surface area contributed by atoms with Crippen LogP contribution in [0.3, 0.4) is 0 Å². The summed E-state index contributed by atoms with van der Waals surface area (Å²) in [5.41, 5.74) is 0.497. The second-order valence-corrected chi connectivity index (χ2v) is 3.08. The van der Waals surface area contributed by atoms with E-state index < -0.39 is 0 Å². The van der Waals surface area contributed by atoms with Gasteiger partial charge in [0.1, 0.15) is 11.3 Å².